The largest absolute Gasteiger partial charge is 0.305 e. The van der Waals surface area contributed by atoms with Crippen molar-refractivity contribution in [1.29, 1.82) is 0 Å². The molecule has 7 rings (SSSR count). The van der Waals surface area contributed by atoms with Crippen molar-refractivity contribution in [1.82, 2.24) is 4.98 Å². The fourth-order valence-corrected chi connectivity index (χ4v) is 7.10. The summed E-state index contributed by atoms with van der Waals surface area (Å²) in [6.07, 6.45) is 1.89. The van der Waals surface area contributed by atoms with E-state index >= 15 is 8.78 Å². The summed E-state index contributed by atoms with van der Waals surface area (Å²) in [4.78, 5) is 6.54. The molecule has 0 saturated heterocycles. The van der Waals surface area contributed by atoms with Gasteiger partial charge in [-0.05, 0) is 97.8 Å². The summed E-state index contributed by atoms with van der Waals surface area (Å²) in [7, 11) is 0. The second kappa shape index (κ2) is 11.3. The molecule has 0 aliphatic heterocycles. The summed E-state index contributed by atoms with van der Waals surface area (Å²) in [6.45, 7) is 13.7. The number of anilines is 3. The Balaban J connectivity index is 1.44. The van der Waals surface area contributed by atoms with Gasteiger partial charge in [0.1, 0.15) is 11.6 Å². The first-order valence-electron chi connectivity index (χ1n) is 16.1. The minimum Gasteiger partial charge on any atom is -0.305 e. The molecule has 234 valence electrons. The normalized spacial score (nSPS) is 12.3. The van der Waals surface area contributed by atoms with Crippen LogP contribution in [0.25, 0.3) is 43.6 Å². The number of benzene rings is 6. The molecule has 47 heavy (non-hydrogen) atoms. The molecular weight excluding hydrogens is 582 g/mol. The van der Waals surface area contributed by atoms with Crippen LogP contribution in [0.15, 0.2) is 121 Å². The van der Waals surface area contributed by atoms with Crippen molar-refractivity contribution in [2.75, 3.05) is 4.90 Å². The van der Waals surface area contributed by atoms with E-state index in [9.17, 15) is 0 Å². The number of nitrogens with zero attached hydrogens (tertiary/aromatic N) is 2. The maximum Gasteiger partial charge on any atom is 0.147 e. The number of aromatic nitrogens is 1. The predicted molar refractivity (Wildman–Crippen MR) is 194 cm³/mol. The highest BCUT2D eigenvalue weighted by atomic mass is 19.1. The van der Waals surface area contributed by atoms with Crippen LogP contribution in [0.5, 0.6) is 0 Å². The first kappa shape index (κ1) is 30.6. The Hall–Kier alpha value is -5.09. The minimum atomic E-state index is -0.422. The summed E-state index contributed by atoms with van der Waals surface area (Å²) >= 11 is 0. The lowest BCUT2D eigenvalue weighted by molar-refractivity contribution is 0.593. The van der Waals surface area contributed by atoms with Gasteiger partial charge in [0.2, 0.25) is 0 Å². The highest BCUT2D eigenvalue weighted by molar-refractivity contribution is 6.17. The van der Waals surface area contributed by atoms with Crippen molar-refractivity contribution in [3.05, 3.63) is 144 Å². The van der Waals surface area contributed by atoms with Gasteiger partial charge in [0.05, 0.1) is 16.9 Å². The van der Waals surface area contributed by atoms with Gasteiger partial charge in [0.25, 0.3) is 0 Å². The zero-order valence-corrected chi connectivity index (χ0v) is 27.7. The first-order valence-corrected chi connectivity index (χ1v) is 16.1. The van der Waals surface area contributed by atoms with Crippen molar-refractivity contribution < 1.29 is 8.78 Å². The van der Waals surface area contributed by atoms with Gasteiger partial charge < -0.3 is 4.90 Å². The molecule has 7 aromatic rings. The lowest BCUT2D eigenvalue weighted by Crippen LogP contribution is -2.18. The summed E-state index contributed by atoms with van der Waals surface area (Å²) in [5.41, 5.74) is 6.70. The van der Waals surface area contributed by atoms with Gasteiger partial charge >= 0.3 is 0 Å². The van der Waals surface area contributed by atoms with E-state index in [2.05, 4.69) is 77.9 Å². The number of fused-ring (bicyclic) bond motifs is 4. The molecule has 1 heterocycles. The fraction of sp³-hybridized carbons (Fsp3) is 0.186. The molecule has 2 nitrogen and oxygen atoms in total. The molecular formula is C43H38F2N2. The lowest BCUT2D eigenvalue weighted by atomic mass is 9.73. The maximum atomic E-state index is 15.1. The smallest absolute Gasteiger partial charge is 0.147 e. The molecule has 0 unspecified atom stereocenters. The fourth-order valence-electron chi connectivity index (χ4n) is 7.10. The van der Waals surface area contributed by atoms with Gasteiger partial charge in [-0.15, -0.1) is 0 Å². The van der Waals surface area contributed by atoms with Crippen LogP contribution in [0.4, 0.5) is 25.8 Å². The Kier molecular flexibility index (Phi) is 7.35. The van der Waals surface area contributed by atoms with E-state index in [1.54, 1.807) is 41.3 Å². The number of rotatable bonds is 4. The monoisotopic (exact) mass is 620 g/mol. The van der Waals surface area contributed by atoms with Gasteiger partial charge in [-0.25, -0.2) is 8.78 Å². The summed E-state index contributed by atoms with van der Waals surface area (Å²) in [6, 6.07) is 36.2. The van der Waals surface area contributed by atoms with Crippen LogP contribution in [0.2, 0.25) is 0 Å². The van der Waals surface area contributed by atoms with E-state index in [4.69, 9.17) is 4.98 Å². The molecule has 0 bridgehead atoms. The summed E-state index contributed by atoms with van der Waals surface area (Å²) in [5.74, 6) is -0.845. The van der Waals surface area contributed by atoms with Crippen LogP contribution in [0.1, 0.15) is 52.7 Å². The molecule has 0 N–H and O–H groups in total. The third-order valence-corrected chi connectivity index (χ3v) is 9.00. The van der Waals surface area contributed by atoms with Crippen molar-refractivity contribution >= 4 is 49.5 Å². The van der Waals surface area contributed by atoms with Gasteiger partial charge in [0, 0.05) is 22.7 Å². The van der Waals surface area contributed by atoms with Crippen LogP contribution < -0.4 is 4.90 Å². The van der Waals surface area contributed by atoms with Crippen LogP contribution in [-0.4, -0.2) is 4.98 Å². The van der Waals surface area contributed by atoms with E-state index in [1.165, 1.54) is 44.8 Å². The highest BCUT2D eigenvalue weighted by Crippen LogP contribution is 2.47. The molecule has 0 spiro atoms. The van der Waals surface area contributed by atoms with Crippen molar-refractivity contribution in [2.45, 2.75) is 52.4 Å². The Morgan fingerprint density at radius 2 is 1.11 bits per heavy atom. The second-order valence-corrected chi connectivity index (χ2v) is 14.4. The van der Waals surface area contributed by atoms with Gasteiger partial charge in [0.15, 0.2) is 0 Å². The summed E-state index contributed by atoms with van der Waals surface area (Å²) in [5, 5.41) is 6.07. The molecule has 0 fully saturated rings. The van der Waals surface area contributed by atoms with Crippen molar-refractivity contribution in [2.24, 2.45) is 0 Å². The molecule has 0 saturated carbocycles. The van der Waals surface area contributed by atoms with Gasteiger partial charge in [-0.1, -0.05) is 108 Å². The highest BCUT2D eigenvalue weighted by Gasteiger charge is 2.29. The van der Waals surface area contributed by atoms with E-state index in [0.29, 0.717) is 5.69 Å². The van der Waals surface area contributed by atoms with Crippen LogP contribution in [-0.2, 0) is 10.8 Å². The first-order chi connectivity index (χ1) is 22.4. The second-order valence-electron chi connectivity index (χ2n) is 14.4. The average Bonchev–Trinajstić information content (AvgIpc) is 3.04. The van der Waals surface area contributed by atoms with Gasteiger partial charge in [-0.2, -0.15) is 0 Å². The van der Waals surface area contributed by atoms with Crippen molar-refractivity contribution in [3.63, 3.8) is 0 Å². The molecule has 0 amide bonds. The van der Waals surface area contributed by atoms with E-state index in [1.807, 2.05) is 36.5 Å². The molecule has 0 radical (unpaired) electrons. The third kappa shape index (κ3) is 5.32. The van der Waals surface area contributed by atoms with Crippen molar-refractivity contribution in [3.8, 4) is 11.1 Å². The quantitative estimate of drug-likeness (QED) is 0.144. The van der Waals surface area contributed by atoms with E-state index in [0.717, 1.165) is 22.0 Å². The molecule has 0 aliphatic rings. The zero-order valence-electron chi connectivity index (χ0n) is 27.7. The van der Waals surface area contributed by atoms with E-state index < -0.39 is 11.6 Å². The lowest BCUT2D eigenvalue weighted by Gasteiger charge is -2.31. The molecule has 0 atom stereocenters. The number of para-hydroxylation sites is 2. The SMILES string of the molecule is CC(C)(C)c1c2cc(-c3ccc(N(c4ccccc4F)c4ccccc4F)cc3)ccc2c(C(C)(C)C)c2c1ccc1cccnc12. The Labute approximate surface area is 275 Å². The Morgan fingerprint density at radius 3 is 1.70 bits per heavy atom. The molecule has 1 aromatic heterocycles. The molecule has 0 aliphatic carbocycles. The number of hydrogen-bond donors (Lipinski definition) is 0. The maximum absolute atomic E-state index is 15.1. The predicted octanol–water partition coefficient (Wildman–Crippen LogP) is 12.6. The van der Waals surface area contributed by atoms with Crippen LogP contribution >= 0.6 is 0 Å². The van der Waals surface area contributed by atoms with Crippen LogP contribution in [0.3, 0.4) is 0 Å². The Bertz CT molecular complexity index is 2240. The van der Waals surface area contributed by atoms with Crippen LogP contribution in [0, 0.1) is 11.6 Å². The Morgan fingerprint density at radius 1 is 0.532 bits per heavy atom. The van der Waals surface area contributed by atoms with E-state index in [-0.39, 0.29) is 22.2 Å². The minimum absolute atomic E-state index is 0.134. The number of hydrogen-bond acceptors (Lipinski definition) is 2. The molecule has 4 heteroatoms. The summed E-state index contributed by atoms with van der Waals surface area (Å²) < 4.78 is 30.2. The van der Waals surface area contributed by atoms with Gasteiger partial charge in [-0.3, -0.25) is 4.98 Å². The topological polar surface area (TPSA) is 16.1 Å². The standard InChI is InChI=1S/C43H38F2N2/c1-42(2,3)39-32-24-19-28-12-11-25-46-41(28)38(32)40(43(4,5)6)31-23-20-29(26-33(31)39)27-17-21-30(22-18-27)47(36-15-9-7-13-34(36)44)37-16-10-8-14-35(37)45/h7-26H,1-6H3. The molecule has 6 aromatic carbocycles. The number of halogens is 2. The third-order valence-electron chi connectivity index (χ3n) is 9.00. The number of pyridine rings is 1. The average molecular weight is 621 g/mol. The zero-order chi connectivity index (χ0) is 33.1.